The average molecular weight is 366 g/mol. The normalized spacial score (nSPS) is 25.1. The quantitative estimate of drug-likeness (QED) is 0.304. The highest BCUT2D eigenvalue weighted by Gasteiger charge is 2.48. The van der Waals surface area contributed by atoms with Crippen LogP contribution in [-0.2, 0) is 47.7 Å². The van der Waals surface area contributed by atoms with Gasteiger partial charge >= 0.3 is 11.9 Å². The van der Waals surface area contributed by atoms with E-state index in [-0.39, 0.29) is 0 Å². The molecule has 0 aromatic heterocycles. The summed E-state index contributed by atoms with van der Waals surface area (Å²) >= 11 is 0. The molecule has 126 valence electrons. The van der Waals surface area contributed by atoms with Gasteiger partial charge in [-0.1, -0.05) is 11.8 Å². The van der Waals surface area contributed by atoms with Crippen molar-refractivity contribution in [3.8, 4) is 24.7 Å². The molecular weight excluding hydrogens is 356 g/mol. The summed E-state index contributed by atoms with van der Waals surface area (Å²) in [5.41, 5.74) is 0. The van der Waals surface area contributed by atoms with Crippen LogP contribution in [0.1, 0.15) is 0 Å². The van der Waals surface area contributed by atoms with Gasteiger partial charge in [0.25, 0.3) is 20.2 Å². The fraction of sp³-hybridized carbons (Fsp3) is 0.455. The zero-order chi connectivity index (χ0) is 17.7. The van der Waals surface area contributed by atoms with Crippen LogP contribution in [-0.4, -0.2) is 59.3 Å². The number of esters is 2. The molecule has 1 fully saturated rings. The molecule has 0 bridgehead atoms. The van der Waals surface area contributed by atoms with Gasteiger partial charge in [-0.05, 0) is 0 Å². The van der Waals surface area contributed by atoms with E-state index in [1.807, 2.05) is 11.8 Å². The third-order valence-electron chi connectivity index (χ3n) is 2.12. The van der Waals surface area contributed by atoms with Crippen LogP contribution in [0.25, 0.3) is 0 Å². The highest BCUT2D eigenvalue weighted by Crippen LogP contribution is 2.21. The van der Waals surface area contributed by atoms with E-state index in [1.54, 1.807) is 0 Å². The first-order valence-electron chi connectivity index (χ1n) is 5.64. The Morgan fingerprint density at radius 3 is 1.57 bits per heavy atom. The summed E-state index contributed by atoms with van der Waals surface area (Å²) in [7, 11) is -9.49. The molecule has 1 aliphatic heterocycles. The van der Waals surface area contributed by atoms with Gasteiger partial charge in [-0.25, -0.2) is 9.59 Å². The molecule has 0 aromatic carbocycles. The number of rotatable bonds is 4. The first-order chi connectivity index (χ1) is 10.6. The largest absolute Gasteiger partial charge is 0.450 e. The third kappa shape index (κ3) is 5.54. The molecule has 1 heterocycles. The van der Waals surface area contributed by atoms with Gasteiger partial charge in [-0.3, -0.25) is 8.37 Å². The second kappa shape index (κ2) is 7.43. The van der Waals surface area contributed by atoms with Crippen molar-refractivity contribution < 1.29 is 44.3 Å². The lowest BCUT2D eigenvalue weighted by molar-refractivity contribution is -0.166. The van der Waals surface area contributed by atoms with Crippen molar-refractivity contribution in [2.24, 2.45) is 0 Å². The van der Waals surface area contributed by atoms with Crippen LogP contribution in [0.4, 0.5) is 0 Å². The summed E-state index contributed by atoms with van der Waals surface area (Å²) in [6, 6.07) is 0. The van der Waals surface area contributed by atoms with Crippen molar-refractivity contribution >= 4 is 32.2 Å². The van der Waals surface area contributed by atoms with Crippen LogP contribution >= 0.6 is 0 Å². The van der Waals surface area contributed by atoms with Gasteiger partial charge < -0.3 is 9.47 Å². The Kier molecular flexibility index (Phi) is 6.12. The van der Waals surface area contributed by atoms with Crippen molar-refractivity contribution in [3.05, 3.63) is 0 Å². The molecule has 1 rings (SSSR count). The molecule has 0 saturated carbocycles. The highest BCUT2D eigenvalue weighted by molar-refractivity contribution is 8.03. The van der Waals surface area contributed by atoms with E-state index in [4.69, 9.17) is 12.8 Å². The topological polar surface area (TPSA) is 139 Å². The van der Waals surface area contributed by atoms with Gasteiger partial charge in [0.2, 0.25) is 17.3 Å². The van der Waals surface area contributed by atoms with E-state index in [0.29, 0.717) is 0 Å². The SMILES string of the molecule is C#CCOC(=O)C1OS(=O)(=O)CS(=O)(=O)OC1C(=O)OCC#C. The third-order valence-corrected chi connectivity index (χ3v) is 5.43. The van der Waals surface area contributed by atoms with Gasteiger partial charge in [0.15, 0.2) is 13.2 Å². The maximum absolute atomic E-state index is 11.8. The van der Waals surface area contributed by atoms with E-state index in [1.165, 1.54) is 0 Å². The zero-order valence-corrected chi connectivity index (χ0v) is 13.0. The number of carbonyl (C=O) groups excluding carboxylic acids is 2. The molecule has 0 aromatic rings. The molecule has 1 aliphatic rings. The molecule has 0 N–H and O–H groups in total. The Morgan fingerprint density at radius 1 is 0.913 bits per heavy atom. The highest BCUT2D eigenvalue weighted by atomic mass is 32.3. The predicted molar refractivity (Wildman–Crippen MR) is 72.0 cm³/mol. The van der Waals surface area contributed by atoms with Crippen LogP contribution in [0, 0.1) is 24.7 Å². The molecule has 0 aliphatic carbocycles. The second-order valence-electron chi connectivity index (χ2n) is 3.89. The fourth-order valence-corrected chi connectivity index (χ4v) is 4.21. The molecule has 10 nitrogen and oxygen atoms in total. The molecule has 2 unspecified atom stereocenters. The first-order valence-corrected chi connectivity index (χ1v) is 8.79. The Bertz CT molecular complexity index is 699. The average Bonchev–Trinajstić information content (AvgIpc) is 2.54. The van der Waals surface area contributed by atoms with E-state index >= 15 is 0 Å². The smallest absolute Gasteiger partial charge is 0.341 e. The molecule has 23 heavy (non-hydrogen) atoms. The molecule has 12 heteroatoms. The Hall–Kier alpha value is -2.12. The lowest BCUT2D eigenvalue weighted by atomic mass is 10.2. The molecule has 0 amide bonds. The predicted octanol–water partition coefficient (Wildman–Crippen LogP) is -2.26. The number of hydrogen-bond acceptors (Lipinski definition) is 10. The standard InChI is InChI=1S/C11H10O10S2/c1-3-5-18-10(12)8-9(11(13)19-6-4-2)21-23(16,17)7-22(14,15)20-8/h1-2,8-9H,5-7H2. The maximum atomic E-state index is 11.8. The summed E-state index contributed by atoms with van der Waals surface area (Å²) in [5, 5.41) is -1.60. The lowest BCUT2D eigenvalue weighted by Gasteiger charge is -2.19. The van der Waals surface area contributed by atoms with E-state index in [2.05, 4.69) is 17.8 Å². The summed E-state index contributed by atoms with van der Waals surface area (Å²) in [6.45, 7) is -1.14. The van der Waals surface area contributed by atoms with E-state index in [9.17, 15) is 26.4 Å². The summed E-state index contributed by atoms with van der Waals surface area (Å²) in [4.78, 5) is 23.5. The van der Waals surface area contributed by atoms with E-state index < -0.39 is 62.7 Å². The van der Waals surface area contributed by atoms with Gasteiger partial charge in [0.1, 0.15) is 0 Å². The minimum absolute atomic E-state index is 0.572. The van der Waals surface area contributed by atoms with Crippen LogP contribution in [0.15, 0.2) is 0 Å². The molecule has 2 atom stereocenters. The van der Waals surface area contributed by atoms with Crippen molar-refractivity contribution in [1.29, 1.82) is 0 Å². The molecule has 1 saturated heterocycles. The monoisotopic (exact) mass is 366 g/mol. The van der Waals surface area contributed by atoms with Crippen molar-refractivity contribution in [2.45, 2.75) is 12.2 Å². The Balaban J connectivity index is 3.21. The number of carbonyl (C=O) groups is 2. The number of hydrogen-bond donors (Lipinski definition) is 0. The van der Waals surface area contributed by atoms with Crippen molar-refractivity contribution in [2.75, 3.05) is 18.3 Å². The maximum Gasteiger partial charge on any atom is 0.341 e. The van der Waals surface area contributed by atoms with Gasteiger partial charge in [0, 0.05) is 0 Å². The van der Waals surface area contributed by atoms with Crippen LogP contribution < -0.4 is 0 Å². The van der Waals surface area contributed by atoms with Crippen molar-refractivity contribution in [1.82, 2.24) is 0 Å². The Labute approximate surface area is 132 Å². The van der Waals surface area contributed by atoms with Gasteiger partial charge in [-0.2, -0.15) is 16.8 Å². The number of ether oxygens (including phenoxy) is 2. The van der Waals surface area contributed by atoms with Crippen LogP contribution in [0.2, 0.25) is 0 Å². The minimum Gasteiger partial charge on any atom is -0.450 e. The summed E-state index contributed by atoms with van der Waals surface area (Å²) in [6.07, 6.45) is 5.23. The zero-order valence-electron chi connectivity index (χ0n) is 11.3. The molecular formula is C11H10O10S2. The van der Waals surface area contributed by atoms with Crippen LogP contribution in [0.5, 0.6) is 0 Å². The Morgan fingerprint density at radius 2 is 1.26 bits per heavy atom. The summed E-state index contributed by atoms with van der Waals surface area (Å²) < 4.78 is 63.8. The number of terminal acetylenes is 2. The second-order valence-corrected chi connectivity index (χ2v) is 7.45. The van der Waals surface area contributed by atoms with E-state index in [0.717, 1.165) is 0 Å². The first kappa shape index (κ1) is 18.9. The lowest BCUT2D eigenvalue weighted by Crippen LogP contribution is -2.45. The summed E-state index contributed by atoms with van der Waals surface area (Å²) in [5.74, 6) is 0.988. The molecule has 0 spiro atoms. The van der Waals surface area contributed by atoms with Crippen molar-refractivity contribution in [3.63, 3.8) is 0 Å². The molecule has 0 radical (unpaired) electrons. The van der Waals surface area contributed by atoms with Gasteiger partial charge in [-0.15, -0.1) is 12.8 Å². The fourth-order valence-electron chi connectivity index (χ4n) is 1.36. The van der Waals surface area contributed by atoms with Gasteiger partial charge in [0.05, 0.1) is 0 Å². The van der Waals surface area contributed by atoms with Crippen LogP contribution in [0.3, 0.4) is 0 Å². The minimum atomic E-state index is -4.75.